The largest absolute Gasteiger partial charge is 0.462 e. The van der Waals surface area contributed by atoms with E-state index in [1.165, 1.54) is 205 Å². The van der Waals surface area contributed by atoms with Gasteiger partial charge in [0.15, 0.2) is 6.10 Å². The van der Waals surface area contributed by atoms with E-state index >= 15 is 0 Å². The number of rotatable bonds is 65. The van der Waals surface area contributed by atoms with Crippen LogP contribution in [0.25, 0.3) is 0 Å². The van der Waals surface area contributed by atoms with Crippen LogP contribution in [0.1, 0.15) is 355 Å². The van der Waals surface area contributed by atoms with Gasteiger partial charge in [-0.1, -0.05) is 304 Å². The maximum atomic E-state index is 13.0. The first-order chi connectivity index (χ1) is 41.0. The minimum Gasteiger partial charge on any atom is -0.462 e. The summed E-state index contributed by atoms with van der Waals surface area (Å²) in [6.07, 6.45) is 95.6. The van der Waals surface area contributed by atoms with Gasteiger partial charge in [-0.25, -0.2) is 0 Å². The van der Waals surface area contributed by atoms with Crippen LogP contribution in [-0.4, -0.2) is 37.2 Å². The molecule has 0 aromatic rings. The fourth-order valence-electron chi connectivity index (χ4n) is 10.1. The van der Waals surface area contributed by atoms with Gasteiger partial charge in [-0.2, -0.15) is 0 Å². The first-order valence-corrected chi connectivity index (χ1v) is 35.7. The molecule has 0 heterocycles. The Balaban J connectivity index is 4.43. The molecule has 0 N–H and O–H groups in total. The van der Waals surface area contributed by atoms with Gasteiger partial charge >= 0.3 is 17.9 Å². The van der Waals surface area contributed by atoms with Gasteiger partial charge in [0.05, 0.1) is 0 Å². The maximum Gasteiger partial charge on any atom is 0.306 e. The van der Waals surface area contributed by atoms with Crippen LogP contribution in [0.5, 0.6) is 0 Å². The summed E-state index contributed by atoms with van der Waals surface area (Å²) in [5.74, 6) is -0.895. The summed E-state index contributed by atoms with van der Waals surface area (Å²) >= 11 is 0. The SMILES string of the molecule is CCCCCCC/C=C\C/C=C\C/C=C\CCCCCCCCCCC(=O)OCC(COC(=O)CCCCCCCCCCC/C=C\C/C=C\CCCCCCC)OC(=O)CCCCCCCC/C=C\C/C=C\C/C=C\CCCCCCC. The highest BCUT2D eigenvalue weighted by Crippen LogP contribution is 2.16. The second-order valence-corrected chi connectivity index (χ2v) is 23.8. The van der Waals surface area contributed by atoms with E-state index < -0.39 is 6.10 Å². The monoisotopic (exact) mass is 1160 g/mol. The molecule has 478 valence electrons. The summed E-state index contributed by atoms with van der Waals surface area (Å²) in [5.41, 5.74) is 0. The van der Waals surface area contributed by atoms with Crippen LogP contribution in [0.15, 0.2) is 97.2 Å². The van der Waals surface area contributed by atoms with Crippen LogP contribution >= 0.6 is 0 Å². The quantitative estimate of drug-likeness (QED) is 0.0261. The Morgan fingerprint density at radius 1 is 0.241 bits per heavy atom. The number of hydrogen-bond donors (Lipinski definition) is 0. The van der Waals surface area contributed by atoms with E-state index in [4.69, 9.17) is 14.2 Å². The summed E-state index contributed by atoms with van der Waals surface area (Å²) in [7, 11) is 0. The lowest BCUT2D eigenvalue weighted by molar-refractivity contribution is -0.167. The lowest BCUT2D eigenvalue weighted by atomic mass is 10.1. The molecular weight excluding hydrogens is 1020 g/mol. The molecule has 0 aromatic carbocycles. The van der Waals surface area contributed by atoms with Crippen molar-refractivity contribution < 1.29 is 28.6 Å². The predicted molar refractivity (Wildman–Crippen MR) is 362 cm³/mol. The van der Waals surface area contributed by atoms with Crippen molar-refractivity contribution in [2.45, 2.75) is 361 Å². The van der Waals surface area contributed by atoms with Crippen LogP contribution < -0.4 is 0 Å². The number of esters is 3. The predicted octanol–water partition coefficient (Wildman–Crippen LogP) is 24.8. The van der Waals surface area contributed by atoms with E-state index in [-0.39, 0.29) is 31.1 Å². The van der Waals surface area contributed by atoms with Gasteiger partial charge in [0, 0.05) is 19.3 Å². The smallest absolute Gasteiger partial charge is 0.306 e. The Bertz CT molecular complexity index is 1610. The molecule has 6 heteroatoms. The fraction of sp³-hybridized carbons (Fsp3) is 0.753. The Morgan fingerprint density at radius 2 is 0.434 bits per heavy atom. The van der Waals surface area contributed by atoms with Crippen molar-refractivity contribution in [3.05, 3.63) is 97.2 Å². The third-order valence-electron chi connectivity index (χ3n) is 15.5. The van der Waals surface area contributed by atoms with E-state index in [1.54, 1.807) is 0 Å². The molecule has 0 saturated carbocycles. The first-order valence-electron chi connectivity index (χ1n) is 35.7. The maximum absolute atomic E-state index is 13.0. The average molecular weight is 1160 g/mol. The zero-order valence-corrected chi connectivity index (χ0v) is 54.9. The van der Waals surface area contributed by atoms with Gasteiger partial charge in [0.1, 0.15) is 13.2 Å². The Labute approximate surface area is 515 Å². The van der Waals surface area contributed by atoms with Crippen molar-refractivity contribution in [2.75, 3.05) is 13.2 Å². The topological polar surface area (TPSA) is 78.9 Å². The molecule has 0 bridgehead atoms. The number of carbonyl (C=O) groups is 3. The minimum atomic E-state index is -0.794. The van der Waals surface area contributed by atoms with Crippen LogP contribution in [-0.2, 0) is 28.6 Å². The first kappa shape index (κ1) is 79.3. The van der Waals surface area contributed by atoms with E-state index in [9.17, 15) is 14.4 Å². The van der Waals surface area contributed by atoms with Crippen LogP contribution in [0.3, 0.4) is 0 Å². The highest BCUT2D eigenvalue weighted by molar-refractivity contribution is 5.71. The van der Waals surface area contributed by atoms with Gasteiger partial charge in [-0.15, -0.1) is 0 Å². The van der Waals surface area contributed by atoms with Crippen molar-refractivity contribution in [3.8, 4) is 0 Å². The highest BCUT2D eigenvalue weighted by atomic mass is 16.6. The van der Waals surface area contributed by atoms with Crippen molar-refractivity contribution in [2.24, 2.45) is 0 Å². The molecule has 0 rings (SSSR count). The molecular formula is C77H134O6. The number of unbranched alkanes of at least 4 members (excludes halogenated alkanes) is 38. The van der Waals surface area contributed by atoms with Crippen molar-refractivity contribution in [3.63, 3.8) is 0 Å². The summed E-state index contributed by atoms with van der Waals surface area (Å²) < 4.78 is 17.0. The van der Waals surface area contributed by atoms with Crippen molar-refractivity contribution in [1.82, 2.24) is 0 Å². The normalized spacial score (nSPS) is 12.7. The number of ether oxygens (including phenoxy) is 3. The third kappa shape index (κ3) is 69.0. The second-order valence-electron chi connectivity index (χ2n) is 23.8. The van der Waals surface area contributed by atoms with E-state index in [0.717, 1.165) is 109 Å². The molecule has 0 aliphatic rings. The van der Waals surface area contributed by atoms with Gasteiger partial charge < -0.3 is 14.2 Å². The molecule has 0 aliphatic carbocycles. The summed E-state index contributed by atoms with van der Waals surface area (Å²) in [6.45, 7) is 6.63. The van der Waals surface area contributed by atoms with Gasteiger partial charge in [0.2, 0.25) is 0 Å². The van der Waals surface area contributed by atoms with E-state index in [0.29, 0.717) is 19.3 Å². The molecule has 0 saturated heterocycles. The molecule has 0 radical (unpaired) electrons. The lowest BCUT2D eigenvalue weighted by Gasteiger charge is -2.18. The molecule has 83 heavy (non-hydrogen) atoms. The number of carbonyl (C=O) groups excluding carboxylic acids is 3. The van der Waals surface area contributed by atoms with Crippen LogP contribution in [0.2, 0.25) is 0 Å². The molecule has 1 unspecified atom stereocenters. The van der Waals surface area contributed by atoms with Gasteiger partial charge in [-0.3, -0.25) is 14.4 Å². The highest BCUT2D eigenvalue weighted by Gasteiger charge is 2.19. The number of hydrogen-bond acceptors (Lipinski definition) is 6. The minimum absolute atomic E-state index is 0.0869. The Morgan fingerprint density at radius 3 is 0.675 bits per heavy atom. The summed E-state index contributed by atoms with van der Waals surface area (Å²) in [4.78, 5) is 38.5. The van der Waals surface area contributed by atoms with E-state index in [2.05, 4.69) is 118 Å². The Hall–Kier alpha value is -3.67. The molecule has 0 fully saturated rings. The second kappa shape index (κ2) is 70.8. The average Bonchev–Trinajstić information content (AvgIpc) is 3.49. The zero-order valence-electron chi connectivity index (χ0n) is 54.9. The molecule has 1 atom stereocenters. The Kier molecular flexibility index (Phi) is 67.7. The molecule has 0 aliphatic heterocycles. The molecule has 0 amide bonds. The molecule has 0 spiro atoms. The van der Waals surface area contributed by atoms with Gasteiger partial charge in [0.25, 0.3) is 0 Å². The standard InChI is InChI=1S/C77H134O6/c1-4-7-10-13-16-19-22-25-28-31-34-37-38-41-43-46-49-52-55-58-61-64-67-70-76(79)82-73-74(83-77(80)71-68-65-62-59-56-53-50-47-44-40-36-33-30-27-24-21-18-15-12-9-6-3)72-81-75(78)69-66-63-60-57-54-51-48-45-42-39-35-32-29-26-23-20-17-14-11-8-5-2/h22-27,31-36,38,41,44,47,74H,4-21,28-30,37,39-40,42-43,45-46,48-73H2,1-3H3/b25-22-,26-23-,27-24-,34-31-,35-32-,36-33-,41-38-,47-44-. The van der Waals surface area contributed by atoms with Crippen molar-refractivity contribution in [1.29, 1.82) is 0 Å². The van der Waals surface area contributed by atoms with Crippen LogP contribution in [0.4, 0.5) is 0 Å². The molecule has 6 nitrogen and oxygen atoms in total. The van der Waals surface area contributed by atoms with Gasteiger partial charge in [-0.05, 0) is 128 Å². The lowest BCUT2D eigenvalue weighted by Crippen LogP contribution is -2.30. The third-order valence-corrected chi connectivity index (χ3v) is 15.5. The summed E-state index contributed by atoms with van der Waals surface area (Å²) in [6, 6.07) is 0. The number of allylic oxidation sites excluding steroid dienone is 16. The zero-order chi connectivity index (χ0) is 59.9. The summed E-state index contributed by atoms with van der Waals surface area (Å²) in [5, 5.41) is 0. The van der Waals surface area contributed by atoms with Crippen molar-refractivity contribution >= 4 is 17.9 Å². The molecule has 0 aromatic heterocycles. The van der Waals surface area contributed by atoms with E-state index in [1.807, 2.05) is 0 Å². The van der Waals surface area contributed by atoms with Crippen LogP contribution in [0, 0.1) is 0 Å². The fourth-order valence-corrected chi connectivity index (χ4v) is 10.1.